The van der Waals surface area contributed by atoms with Gasteiger partial charge in [0.2, 0.25) is 5.88 Å². The van der Waals surface area contributed by atoms with Gasteiger partial charge in [-0.05, 0) is 38.8 Å². The van der Waals surface area contributed by atoms with Crippen molar-refractivity contribution in [2.45, 2.75) is 51.9 Å². The average molecular weight is 293 g/mol. The molecular weight excluding hydrogens is 269 g/mol. The minimum atomic E-state index is -0.358. The van der Waals surface area contributed by atoms with E-state index in [4.69, 9.17) is 4.74 Å². The molecule has 2 saturated heterocycles. The van der Waals surface area contributed by atoms with Crippen LogP contribution in [0.1, 0.15) is 32.8 Å². The lowest BCUT2D eigenvalue weighted by Gasteiger charge is -2.57. The number of pyridine rings is 1. The number of likely N-dealkylation sites (tertiary alicyclic amines) is 2. The SMILES string of the molecule is CCOc1ncc(CN2C3CC2CN(C(C)C)C3)cc1F. The summed E-state index contributed by atoms with van der Waals surface area (Å²) in [5, 5.41) is 0. The maximum atomic E-state index is 13.9. The summed E-state index contributed by atoms with van der Waals surface area (Å²) in [5.74, 6) is -0.250. The zero-order valence-electron chi connectivity index (χ0n) is 13.1. The lowest BCUT2D eigenvalue weighted by molar-refractivity contribution is -0.0835. The van der Waals surface area contributed by atoms with Crippen molar-refractivity contribution in [3.05, 3.63) is 23.6 Å². The number of halogens is 1. The first kappa shape index (κ1) is 14.7. The highest BCUT2D eigenvalue weighted by Gasteiger charge is 2.44. The van der Waals surface area contributed by atoms with Crippen LogP contribution in [0.3, 0.4) is 0 Å². The van der Waals surface area contributed by atoms with E-state index in [0.29, 0.717) is 24.7 Å². The van der Waals surface area contributed by atoms with E-state index in [1.807, 2.05) is 6.92 Å². The van der Waals surface area contributed by atoms with E-state index in [1.54, 1.807) is 12.3 Å². The van der Waals surface area contributed by atoms with Crippen LogP contribution in [0.25, 0.3) is 0 Å². The van der Waals surface area contributed by atoms with Gasteiger partial charge in [0.25, 0.3) is 0 Å². The molecule has 2 bridgehead atoms. The molecule has 116 valence electrons. The average Bonchev–Trinajstić information content (AvgIpc) is 2.47. The van der Waals surface area contributed by atoms with E-state index in [2.05, 4.69) is 28.6 Å². The number of fused-ring (bicyclic) bond motifs is 2. The third-order valence-corrected chi connectivity index (χ3v) is 4.61. The maximum absolute atomic E-state index is 13.9. The van der Waals surface area contributed by atoms with Crippen molar-refractivity contribution in [2.24, 2.45) is 0 Å². The van der Waals surface area contributed by atoms with Crippen molar-refractivity contribution in [3.8, 4) is 5.88 Å². The van der Waals surface area contributed by atoms with Crippen molar-refractivity contribution in [3.63, 3.8) is 0 Å². The van der Waals surface area contributed by atoms with Gasteiger partial charge in [0.1, 0.15) is 0 Å². The molecule has 0 aromatic carbocycles. The van der Waals surface area contributed by atoms with Crippen LogP contribution in [0.15, 0.2) is 12.3 Å². The fraction of sp³-hybridized carbons (Fsp3) is 0.688. The number of piperidine rings is 1. The lowest BCUT2D eigenvalue weighted by atomic mass is 9.86. The van der Waals surface area contributed by atoms with Crippen LogP contribution >= 0.6 is 0 Å². The molecule has 5 heteroatoms. The molecule has 1 aromatic heterocycles. The largest absolute Gasteiger partial charge is 0.476 e. The monoisotopic (exact) mass is 293 g/mol. The number of piperazine rings is 1. The maximum Gasteiger partial charge on any atom is 0.250 e. The van der Waals surface area contributed by atoms with Crippen LogP contribution in [-0.2, 0) is 6.54 Å². The predicted octanol–water partition coefficient (Wildman–Crippen LogP) is 2.29. The number of ether oxygens (including phenoxy) is 1. The standard InChI is InChI=1S/C16H24FN3O/c1-4-21-16-15(17)5-12(7-18-16)8-20-13-6-14(20)10-19(9-13)11(2)3/h5,7,11,13-14H,4,6,8-10H2,1-3H3. The van der Waals surface area contributed by atoms with E-state index < -0.39 is 0 Å². The van der Waals surface area contributed by atoms with E-state index in [1.165, 1.54) is 6.42 Å². The molecule has 21 heavy (non-hydrogen) atoms. The molecule has 0 amide bonds. The van der Waals surface area contributed by atoms with E-state index in [0.717, 1.165) is 25.2 Å². The van der Waals surface area contributed by atoms with Crippen LogP contribution in [0.4, 0.5) is 4.39 Å². The Labute approximate surface area is 125 Å². The van der Waals surface area contributed by atoms with Gasteiger partial charge in [-0.1, -0.05) is 0 Å². The van der Waals surface area contributed by atoms with Crippen LogP contribution in [0, 0.1) is 5.82 Å². The zero-order valence-corrected chi connectivity index (χ0v) is 13.1. The van der Waals surface area contributed by atoms with Crippen molar-refractivity contribution < 1.29 is 9.13 Å². The summed E-state index contributed by atoms with van der Waals surface area (Å²) < 4.78 is 19.0. The fourth-order valence-electron chi connectivity index (χ4n) is 3.40. The molecule has 0 saturated carbocycles. The Bertz CT molecular complexity index is 496. The molecule has 0 N–H and O–H groups in total. The molecule has 3 rings (SSSR count). The smallest absolute Gasteiger partial charge is 0.250 e. The van der Waals surface area contributed by atoms with Gasteiger partial charge in [0.15, 0.2) is 5.82 Å². The van der Waals surface area contributed by atoms with Crippen molar-refractivity contribution in [1.82, 2.24) is 14.8 Å². The van der Waals surface area contributed by atoms with Crippen LogP contribution < -0.4 is 4.74 Å². The van der Waals surface area contributed by atoms with Crippen LogP contribution in [0.2, 0.25) is 0 Å². The Balaban J connectivity index is 1.62. The molecule has 2 aliphatic rings. The second-order valence-electron chi connectivity index (χ2n) is 6.33. The first-order valence-electron chi connectivity index (χ1n) is 7.85. The summed E-state index contributed by atoms with van der Waals surface area (Å²) in [6.45, 7) is 9.81. The number of hydrogen-bond acceptors (Lipinski definition) is 4. The van der Waals surface area contributed by atoms with Crippen molar-refractivity contribution >= 4 is 0 Å². The Hall–Kier alpha value is -1.20. The van der Waals surface area contributed by atoms with Crippen molar-refractivity contribution in [2.75, 3.05) is 19.7 Å². The normalized spacial score (nSPS) is 26.0. The molecule has 0 spiro atoms. The van der Waals surface area contributed by atoms with Crippen molar-refractivity contribution in [1.29, 1.82) is 0 Å². The number of hydrogen-bond donors (Lipinski definition) is 0. The van der Waals surface area contributed by atoms with Gasteiger partial charge in [-0.15, -0.1) is 0 Å². The minimum Gasteiger partial charge on any atom is -0.476 e. The first-order chi connectivity index (χ1) is 10.1. The highest BCUT2D eigenvalue weighted by atomic mass is 19.1. The second-order valence-corrected chi connectivity index (χ2v) is 6.33. The summed E-state index contributed by atoms with van der Waals surface area (Å²) >= 11 is 0. The van der Waals surface area contributed by atoms with Gasteiger partial charge in [0.05, 0.1) is 6.61 Å². The molecular formula is C16H24FN3O. The van der Waals surface area contributed by atoms with Gasteiger partial charge in [-0.3, -0.25) is 9.80 Å². The quantitative estimate of drug-likeness (QED) is 0.833. The van der Waals surface area contributed by atoms with E-state index >= 15 is 0 Å². The number of nitrogens with zero attached hydrogens (tertiary/aromatic N) is 3. The van der Waals surface area contributed by atoms with E-state index in [9.17, 15) is 4.39 Å². The molecule has 2 atom stereocenters. The molecule has 1 aromatic rings. The molecule has 2 unspecified atom stereocenters. The van der Waals surface area contributed by atoms with Gasteiger partial charge in [-0.2, -0.15) is 0 Å². The van der Waals surface area contributed by atoms with Crippen LogP contribution in [-0.4, -0.2) is 52.6 Å². The zero-order chi connectivity index (χ0) is 15.0. The summed E-state index contributed by atoms with van der Waals surface area (Å²) in [6.07, 6.45) is 3.01. The Morgan fingerprint density at radius 2 is 2.10 bits per heavy atom. The number of aromatic nitrogens is 1. The molecule has 0 radical (unpaired) electrons. The molecule has 2 fully saturated rings. The first-order valence-corrected chi connectivity index (χ1v) is 7.85. The highest BCUT2D eigenvalue weighted by molar-refractivity contribution is 5.21. The highest BCUT2D eigenvalue weighted by Crippen LogP contribution is 2.34. The Kier molecular flexibility index (Phi) is 4.13. The third kappa shape index (κ3) is 2.90. The minimum absolute atomic E-state index is 0.107. The Morgan fingerprint density at radius 3 is 2.67 bits per heavy atom. The van der Waals surface area contributed by atoms with Gasteiger partial charge in [0, 0.05) is 44.0 Å². The fourth-order valence-corrected chi connectivity index (χ4v) is 3.40. The summed E-state index contributed by atoms with van der Waals surface area (Å²) in [6, 6.07) is 3.40. The van der Waals surface area contributed by atoms with Gasteiger partial charge in [-0.25, -0.2) is 9.37 Å². The second kappa shape index (κ2) is 5.89. The van der Waals surface area contributed by atoms with Crippen LogP contribution in [0.5, 0.6) is 5.88 Å². The molecule has 3 heterocycles. The summed E-state index contributed by atoms with van der Waals surface area (Å²) in [7, 11) is 0. The molecule has 0 aliphatic carbocycles. The van der Waals surface area contributed by atoms with E-state index in [-0.39, 0.29) is 11.7 Å². The molecule has 2 aliphatic heterocycles. The molecule has 4 nitrogen and oxygen atoms in total. The number of rotatable bonds is 5. The predicted molar refractivity (Wildman–Crippen MR) is 79.8 cm³/mol. The van der Waals surface area contributed by atoms with Gasteiger partial charge < -0.3 is 4.74 Å². The Morgan fingerprint density at radius 1 is 1.38 bits per heavy atom. The summed E-state index contributed by atoms with van der Waals surface area (Å²) in [5.41, 5.74) is 0.934. The third-order valence-electron chi connectivity index (χ3n) is 4.61. The topological polar surface area (TPSA) is 28.6 Å². The van der Waals surface area contributed by atoms with Gasteiger partial charge >= 0.3 is 0 Å². The summed E-state index contributed by atoms with van der Waals surface area (Å²) in [4.78, 5) is 9.10. The lowest BCUT2D eigenvalue weighted by Crippen LogP contribution is -2.68.